The second kappa shape index (κ2) is 4.17. The molecule has 0 unspecified atom stereocenters. The number of aromatic amines is 1. The van der Waals surface area contributed by atoms with Gasteiger partial charge in [-0.3, -0.25) is 4.79 Å². The van der Waals surface area contributed by atoms with Crippen LogP contribution in [0.5, 0.6) is 0 Å². The Labute approximate surface area is 101 Å². The van der Waals surface area contributed by atoms with Gasteiger partial charge < -0.3 is 10.1 Å². The van der Waals surface area contributed by atoms with Crippen molar-refractivity contribution >= 4 is 5.97 Å². The maximum atomic E-state index is 11.2. The monoisotopic (exact) mass is 236 g/mol. The van der Waals surface area contributed by atoms with Crippen molar-refractivity contribution in [3.63, 3.8) is 0 Å². The average molecular weight is 236 g/mol. The molecule has 94 valence electrons. The average Bonchev–Trinajstić information content (AvgIpc) is 2.85. The molecule has 2 N–H and O–H groups in total. The molecule has 0 spiro atoms. The van der Waals surface area contributed by atoms with E-state index in [0.717, 1.165) is 11.4 Å². The van der Waals surface area contributed by atoms with Gasteiger partial charge in [-0.15, -0.1) is 0 Å². The Kier molecular flexibility index (Phi) is 2.98. The van der Waals surface area contributed by atoms with Crippen LogP contribution in [0, 0.1) is 6.92 Å². The van der Waals surface area contributed by atoms with Gasteiger partial charge in [0.1, 0.15) is 11.2 Å². The van der Waals surface area contributed by atoms with Gasteiger partial charge in [-0.25, -0.2) is 4.98 Å². The van der Waals surface area contributed by atoms with Gasteiger partial charge in [-0.2, -0.15) is 0 Å². The lowest BCUT2D eigenvalue weighted by Crippen LogP contribution is -2.30. The molecule has 0 saturated heterocycles. The zero-order valence-corrected chi connectivity index (χ0v) is 10.7. The standard InChI is InChI=1S/C13H20N2O2/c1-8-10(9-6-4-5-7-9)15-11(14-8)13(2,3)12(16)17/h9H,4-7H2,1-3H3,(H,14,15)(H,16,17). The molecule has 1 aromatic heterocycles. The summed E-state index contributed by atoms with van der Waals surface area (Å²) in [4.78, 5) is 18.9. The molecule has 0 bridgehead atoms. The van der Waals surface area contributed by atoms with Crippen molar-refractivity contribution in [2.24, 2.45) is 0 Å². The number of nitrogens with one attached hydrogen (secondary N) is 1. The van der Waals surface area contributed by atoms with E-state index in [4.69, 9.17) is 0 Å². The number of aliphatic carboxylic acids is 1. The number of H-pyrrole nitrogens is 1. The van der Waals surface area contributed by atoms with Crippen molar-refractivity contribution in [1.29, 1.82) is 0 Å². The fourth-order valence-electron chi connectivity index (χ4n) is 2.47. The molecule has 0 amide bonds. The van der Waals surface area contributed by atoms with Crippen molar-refractivity contribution in [2.45, 2.75) is 57.8 Å². The predicted molar refractivity (Wildman–Crippen MR) is 65.2 cm³/mol. The first-order valence-electron chi connectivity index (χ1n) is 6.23. The first-order chi connectivity index (χ1) is 7.93. The molecular weight excluding hydrogens is 216 g/mol. The van der Waals surface area contributed by atoms with Gasteiger partial charge >= 0.3 is 5.97 Å². The van der Waals surface area contributed by atoms with Crippen molar-refractivity contribution in [1.82, 2.24) is 9.97 Å². The van der Waals surface area contributed by atoms with Crippen LogP contribution >= 0.6 is 0 Å². The highest BCUT2D eigenvalue weighted by molar-refractivity contribution is 5.79. The van der Waals surface area contributed by atoms with Crippen molar-refractivity contribution in [3.05, 3.63) is 17.2 Å². The minimum absolute atomic E-state index is 0.518. The van der Waals surface area contributed by atoms with E-state index in [1.165, 1.54) is 25.7 Å². The summed E-state index contributed by atoms with van der Waals surface area (Å²) in [7, 11) is 0. The summed E-state index contributed by atoms with van der Waals surface area (Å²) >= 11 is 0. The molecule has 0 aromatic carbocycles. The smallest absolute Gasteiger partial charge is 0.316 e. The van der Waals surface area contributed by atoms with E-state index in [9.17, 15) is 9.90 Å². The van der Waals surface area contributed by atoms with Crippen molar-refractivity contribution in [2.75, 3.05) is 0 Å². The Morgan fingerprint density at radius 2 is 2.00 bits per heavy atom. The molecule has 17 heavy (non-hydrogen) atoms. The van der Waals surface area contributed by atoms with E-state index in [2.05, 4.69) is 9.97 Å². The highest BCUT2D eigenvalue weighted by Gasteiger charge is 2.34. The van der Waals surface area contributed by atoms with E-state index in [0.29, 0.717) is 11.7 Å². The number of carboxylic acid groups (broad SMARTS) is 1. The maximum absolute atomic E-state index is 11.2. The topological polar surface area (TPSA) is 66.0 Å². The molecular formula is C13H20N2O2. The lowest BCUT2D eigenvalue weighted by atomic mass is 9.93. The summed E-state index contributed by atoms with van der Waals surface area (Å²) in [5, 5.41) is 9.20. The number of imidazole rings is 1. The van der Waals surface area contributed by atoms with Crippen LogP contribution in [0.3, 0.4) is 0 Å². The van der Waals surface area contributed by atoms with Gasteiger partial charge in [0.25, 0.3) is 0 Å². The number of aryl methyl sites for hydroxylation is 1. The second-order valence-corrected chi connectivity index (χ2v) is 5.51. The zero-order chi connectivity index (χ0) is 12.6. The quantitative estimate of drug-likeness (QED) is 0.848. The van der Waals surface area contributed by atoms with Crippen molar-refractivity contribution in [3.8, 4) is 0 Å². The normalized spacial score (nSPS) is 17.6. The Bertz CT molecular complexity index is 429. The largest absolute Gasteiger partial charge is 0.481 e. The first kappa shape index (κ1) is 12.1. The second-order valence-electron chi connectivity index (χ2n) is 5.51. The molecule has 1 aliphatic carbocycles. The molecule has 1 fully saturated rings. The van der Waals surface area contributed by atoms with Gasteiger partial charge in [-0.05, 0) is 33.6 Å². The lowest BCUT2D eigenvalue weighted by molar-refractivity contribution is -0.142. The maximum Gasteiger partial charge on any atom is 0.316 e. The van der Waals surface area contributed by atoms with Crippen LogP contribution in [0.4, 0.5) is 0 Å². The van der Waals surface area contributed by atoms with Gasteiger partial charge in [0.15, 0.2) is 0 Å². The van der Waals surface area contributed by atoms with E-state index in [1.54, 1.807) is 13.8 Å². The van der Waals surface area contributed by atoms with Gasteiger partial charge in [-0.1, -0.05) is 12.8 Å². The summed E-state index contributed by atoms with van der Waals surface area (Å²) in [6, 6.07) is 0. The van der Waals surface area contributed by atoms with Crippen LogP contribution in [-0.4, -0.2) is 21.0 Å². The zero-order valence-electron chi connectivity index (χ0n) is 10.7. The van der Waals surface area contributed by atoms with Crippen LogP contribution in [0.1, 0.15) is 62.7 Å². The van der Waals surface area contributed by atoms with Gasteiger partial charge in [0, 0.05) is 11.6 Å². The SMILES string of the molecule is Cc1[nH]c(C(C)(C)C(=O)O)nc1C1CCCC1. The highest BCUT2D eigenvalue weighted by atomic mass is 16.4. The summed E-state index contributed by atoms with van der Waals surface area (Å²) in [6.07, 6.45) is 4.88. The number of aromatic nitrogens is 2. The third-order valence-corrected chi connectivity index (χ3v) is 3.79. The third-order valence-electron chi connectivity index (χ3n) is 3.79. The summed E-state index contributed by atoms with van der Waals surface area (Å²) < 4.78 is 0. The van der Waals surface area contributed by atoms with Crippen LogP contribution in [0.15, 0.2) is 0 Å². The molecule has 0 aliphatic heterocycles. The molecule has 4 nitrogen and oxygen atoms in total. The lowest BCUT2D eigenvalue weighted by Gasteiger charge is -2.15. The van der Waals surface area contributed by atoms with Crippen molar-refractivity contribution < 1.29 is 9.90 Å². The Balaban J connectivity index is 2.33. The summed E-state index contributed by atoms with van der Waals surface area (Å²) in [5.74, 6) is 0.248. The van der Waals surface area contributed by atoms with Crippen LogP contribution in [0.2, 0.25) is 0 Å². The third kappa shape index (κ3) is 2.08. The number of nitrogens with zero attached hydrogens (tertiary/aromatic N) is 1. The number of carboxylic acids is 1. The predicted octanol–water partition coefficient (Wildman–Crippen LogP) is 2.74. The van der Waals surface area contributed by atoms with E-state index < -0.39 is 11.4 Å². The van der Waals surface area contributed by atoms with Crippen LogP contribution in [-0.2, 0) is 10.2 Å². The number of rotatable bonds is 3. The summed E-state index contributed by atoms with van der Waals surface area (Å²) in [5.41, 5.74) is 1.16. The molecule has 4 heteroatoms. The number of hydrogen-bond donors (Lipinski definition) is 2. The highest BCUT2D eigenvalue weighted by Crippen LogP contribution is 2.35. The van der Waals surface area contributed by atoms with Crippen LogP contribution < -0.4 is 0 Å². The first-order valence-corrected chi connectivity index (χ1v) is 6.23. The number of hydrogen-bond acceptors (Lipinski definition) is 2. The Hall–Kier alpha value is -1.32. The Morgan fingerprint density at radius 1 is 1.41 bits per heavy atom. The van der Waals surface area contributed by atoms with E-state index >= 15 is 0 Å². The van der Waals surface area contributed by atoms with Crippen LogP contribution in [0.25, 0.3) is 0 Å². The Morgan fingerprint density at radius 3 is 2.53 bits per heavy atom. The minimum Gasteiger partial charge on any atom is -0.481 e. The molecule has 0 atom stereocenters. The molecule has 1 aliphatic rings. The van der Waals surface area contributed by atoms with Gasteiger partial charge in [0.05, 0.1) is 5.69 Å². The van der Waals surface area contributed by atoms with E-state index in [-0.39, 0.29) is 0 Å². The molecule has 2 rings (SSSR count). The van der Waals surface area contributed by atoms with E-state index in [1.807, 2.05) is 6.92 Å². The molecule has 1 aromatic rings. The fraction of sp³-hybridized carbons (Fsp3) is 0.692. The van der Waals surface area contributed by atoms with Gasteiger partial charge in [0.2, 0.25) is 0 Å². The fourth-order valence-corrected chi connectivity index (χ4v) is 2.47. The molecule has 0 radical (unpaired) electrons. The summed E-state index contributed by atoms with van der Waals surface area (Å²) in [6.45, 7) is 5.36. The minimum atomic E-state index is -0.943. The molecule has 1 saturated carbocycles. The molecule has 1 heterocycles. The number of carbonyl (C=O) groups is 1.